The summed E-state index contributed by atoms with van der Waals surface area (Å²) in [5.74, 6) is -0.470. The topological polar surface area (TPSA) is 58.6 Å². The Bertz CT molecular complexity index is 464. The number of ether oxygens (including phenoxy) is 1. The quantitative estimate of drug-likeness (QED) is 0.857. The number of aryl methyl sites for hydroxylation is 1. The van der Waals surface area contributed by atoms with Gasteiger partial charge in [-0.25, -0.2) is 4.39 Å². The number of benzene rings is 1. The Morgan fingerprint density at radius 2 is 2.37 bits per heavy atom. The number of nitrogens with one attached hydrogen (secondary N) is 1. The molecule has 1 aliphatic rings. The molecule has 2 atom stereocenters. The lowest BCUT2D eigenvalue weighted by Gasteiger charge is -2.28. The number of hydrogen-bond acceptors (Lipinski definition) is 3. The fourth-order valence-corrected chi connectivity index (χ4v) is 2.18. The van der Waals surface area contributed by atoms with E-state index in [2.05, 4.69) is 5.32 Å². The Labute approximate surface area is 111 Å². The van der Waals surface area contributed by atoms with Crippen LogP contribution in [0.1, 0.15) is 17.5 Å². The summed E-state index contributed by atoms with van der Waals surface area (Å²) >= 11 is 0. The molecule has 2 N–H and O–H groups in total. The first kappa shape index (κ1) is 14.0. The molecule has 1 heterocycles. The van der Waals surface area contributed by atoms with E-state index in [0.717, 1.165) is 11.1 Å². The minimum absolute atomic E-state index is 0.166. The Hall–Kier alpha value is -1.46. The molecule has 0 bridgehead atoms. The van der Waals surface area contributed by atoms with Crippen molar-refractivity contribution >= 4 is 5.91 Å². The van der Waals surface area contributed by atoms with Gasteiger partial charge in [0.2, 0.25) is 5.91 Å². The van der Waals surface area contributed by atoms with Gasteiger partial charge in [0.1, 0.15) is 5.82 Å². The molecule has 0 aromatic heterocycles. The van der Waals surface area contributed by atoms with Crippen molar-refractivity contribution in [2.75, 3.05) is 13.2 Å². The van der Waals surface area contributed by atoms with E-state index < -0.39 is 6.10 Å². The number of aliphatic hydroxyl groups excluding tert-OH is 1. The summed E-state index contributed by atoms with van der Waals surface area (Å²) < 4.78 is 18.1. The summed E-state index contributed by atoms with van der Waals surface area (Å²) in [6.45, 7) is 2.56. The molecule has 1 amide bonds. The number of aliphatic hydroxyl groups is 1. The van der Waals surface area contributed by atoms with Crippen LogP contribution in [0, 0.1) is 12.7 Å². The van der Waals surface area contributed by atoms with Crippen LogP contribution >= 0.6 is 0 Å². The zero-order chi connectivity index (χ0) is 13.8. The van der Waals surface area contributed by atoms with Crippen LogP contribution in [0.15, 0.2) is 18.2 Å². The summed E-state index contributed by atoms with van der Waals surface area (Å²) in [4.78, 5) is 11.9. The molecule has 1 fully saturated rings. The third-order valence-corrected chi connectivity index (χ3v) is 3.33. The van der Waals surface area contributed by atoms with Gasteiger partial charge in [0, 0.05) is 6.61 Å². The Morgan fingerprint density at radius 3 is 3.05 bits per heavy atom. The second-order valence-electron chi connectivity index (χ2n) is 4.85. The molecule has 5 heteroatoms. The van der Waals surface area contributed by atoms with E-state index in [1.165, 1.54) is 12.1 Å². The van der Waals surface area contributed by atoms with Crippen LogP contribution in [0.5, 0.6) is 0 Å². The lowest BCUT2D eigenvalue weighted by molar-refractivity contribution is -0.123. The molecule has 0 aliphatic carbocycles. The zero-order valence-corrected chi connectivity index (χ0v) is 10.9. The van der Waals surface area contributed by atoms with Crippen molar-refractivity contribution in [2.24, 2.45) is 0 Å². The molecular weight excluding hydrogens is 249 g/mol. The Kier molecular flexibility index (Phi) is 4.50. The summed E-state index contributed by atoms with van der Waals surface area (Å²) in [5, 5.41) is 12.5. The zero-order valence-electron chi connectivity index (χ0n) is 10.9. The second-order valence-corrected chi connectivity index (χ2v) is 4.85. The van der Waals surface area contributed by atoms with Crippen LogP contribution in [0.2, 0.25) is 0 Å². The predicted molar refractivity (Wildman–Crippen MR) is 68.2 cm³/mol. The van der Waals surface area contributed by atoms with E-state index in [-0.39, 0.29) is 30.8 Å². The van der Waals surface area contributed by atoms with E-state index in [9.17, 15) is 14.3 Å². The van der Waals surface area contributed by atoms with Gasteiger partial charge in [-0.3, -0.25) is 4.79 Å². The van der Waals surface area contributed by atoms with Crippen molar-refractivity contribution in [1.82, 2.24) is 5.32 Å². The van der Waals surface area contributed by atoms with E-state index in [1.807, 2.05) is 0 Å². The van der Waals surface area contributed by atoms with Gasteiger partial charge in [-0.2, -0.15) is 0 Å². The molecule has 1 aromatic carbocycles. The van der Waals surface area contributed by atoms with Gasteiger partial charge in [-0.1, -0.05) is 6.07 Å². The molecule has 1 aliphatic heterocycles. The maximum Gasteiger partial charge on any atom is 0.224 e. The number of carbonyl (C=O) groups is 1. The number of carbonyl (C=O) groups excluding carboxylic acids is 1. The van der Waals surface area contributed by atoms with Crippen molar-refractivity contribution in [1.29, 1.82) is 0 Å². The average molecular weight is 267 g/mol. The number of amides is 1. The van der Waals surface area contributed by atoms with Crippen molar-refractivity contribution < 1.29 is 19.0 Å². The first-order valence-electron chi connectivity index (χ1n) is 6.36. The highest BCUT2D eigenvalue weighted by Crippen LogP contribution is 2.12. The predicted octanol–water partition coefficient (Wildman–Crippen LogP) is 0.943. The first-order valence-corrected chi connectivity index (χ1v) is 6.36. The number of rotatable bonds is 3. The smallest absolute Gasteiger partial charge is 0.224 e. The highest BCUT2D eigenvalue weighted by Gasteiger charge is 2.25. The van der Waals surface area contributed by atoms with E-state index in [4.69, 9.17) is 4.74 Å². The molecule has 1 saturated heterocycles. The van der Waals surface area contributed by atoms with Gasteiger partial charge in [0.25, 0.3) is 0 Å². The Balaban J connectivity index is 1.93. The van der Waals surface area contributed by atoms with Gasteiger partial charge in [0.15, 0.2) is 0 Å². The SMILES string of the molecule is Cc1cc(F)ccc1CC(=O)N[C@@H]1CCOC[C@H]1O. The van der Waals surface area contributed by atoms with Crippen LogP contribution in [0.3, 0.4) is 0 Å². The molecule has 4 nitrogen and oxygen atoms in total. The highest BCUT2D eigenvalue weighted by molar-refractivity contribution is 5.79. The van der Waals surface area contributed by atoms with Crippen LogP contribution in [0.25, 0.3) is 0 Å². The summed E-state index contributed by atoms with van der Waals surface area (Å²) in [6.07, 6.45) is 0.137. The average Bonchev–Trinajstić information content (AvgIpc) is 2.36. The van der Waals surface area contributed by atoms with Gasteiger partial charge in [-0.05, 0) is 36.6 Å². The summed E-state index contributed by atoms with van der Waals surface area (Å²) in [7, 11) is 0. The van der Waals surface area contributed by atoms with Crippen molar-refractivity contribution in [3.63, 3.8) is 0 Å². The maximum absolute atomic E-state index is 13.0. The van der Waals surface area contributed by atoms with E-state index in [0.29, 0.717) is 13.0 Å². The second kappa shape index (κ2) is 6.12. The van der Waals surface area contributed by atoms with Gasteiger partial charge in [0.05, 0.1) is 25.2 Å². The number of hydrogen-bond donors (Lipinski definition) is 2. The van der Waals surface area contributed by atoms with E-state index in [1.54, 1.807) is 13.0 Å². The summed E-state index contributed by atoms with van der Waals surface area (Å²) in [5.41, 5.74) is 1.54. The minimum Gasteiger partial charge on any atom is -0.389 e. The van der Waals surface area contributed by atoms with Crippen LogP contribution in [-0.2, 0) is 16.0 Å². The molecular formula is C14H18FNO3. The lowest BCUT2D eigenvalue weighted by atomic mass is 10.0. The molecule has 0 radical (unpaired) electrons. The maximum atomic E-state index is 13.0. The van der Waals surface area contributed by atoms with Gasteiger partial charge in [-0.15, -0.1) is 0 Å². The fraction of sp³-hybridized carbons (Fsp3) is 0.500. The monoisotopic (exact) mass is 267 g/mol. The van der Waals surface area contributed by atoms with Gasteiger partial charge >= 0.3 is 0 Å². The molecule has 104 valence electrons. The first-order chi connectivity index (χ1) is 9.06. The lowest BCUT2D eigenvalue weighted by Crippen LogP contribution is -2.49. The molecule has 2 rings (SSSR count). The molecule has 0 unspecified atom stereocenters. The van der Waals surface area contributed by atoms with E-state index >= 15 is 0 Å². The third-order valence-electron chi connectivity index (χ3n) is 3.33. The van der Waals surface area contributed by atoms with Crippen molar-refractivity contribution in [3.8, 4) is 0 Å². The largest absolute Gasteiger partial charge is 0.389 e. The molecule has 19 heavy (non-hydrogen) atoms. The summed E-state index contributed by atoms with van der Waals surface area (Å²) in [6, 6.07) is 4.11. The van der Waals surface area contributed by atoms with Crippen LogP contribution in [-0.4, -0.2) is 36.4 Å². The fourth-order valence-electron chi connectivity index (χ4n) is 2.18. The normalized spacial score (nSPS) is 23.1. The molecule has 1 aromatic rings. The Morgan fingerprint density at radius 1 is 1.58 bits per heavy atom. The standard InChI is InChI=1S/C14H18FNO3/c1-9-6-11(15)3-2-10(9)7-14(18)16-12-4-5-19-8-13(12)17/h2-3,6,12-13,17H,4-5,7-8H2,1H3,(H,16,18)/t12-,13-/m1/s1. The third kappa shape index (κ3) is 3.75. The van der Waals surface area contributed by atoms with Crippen LogP contribution in [0.4, 0.5) is 4.39 Å². The molecule has 0 spiro atoms. The number of halogens is 1. The van der Waals surface area contributed by atoms with Crippen molar-refractivity contribution in [3.05, 3.63) is 35.1 Å². The minimum atomic E-state index is -0.660. The van der Waals surface area contributed by atoms with Crippen molar-refractivity contribution in [2.45, 2.75) is 31.9 Å². The highest BCUT2D eigenvalue weighted by atomic mass is 19.1. The van der Waals surface area contributed by atoms with Gasteiger partial charge < -0.3 is 15.2 Å². The van der Waals surface area contributed by atoms with Crippen LogP contribution < -0.4 is 5.32 Å². The molecule has 0 saturated carbocycles.